The van der Waals surface area contributed by atoms with Crippen molar-refractivity contribution >= 4 is 38.5 Å². The number of phenols is 1. The van der Waals surface area contributed by atoms with E-state index in [4.69, 9.17) is 0 Å². The van der Waals surface area contributed by atoms with E-state index in [0.717, 1.165) is 27.3 Å². The number of aromatic nitrogens is 3. The molecule has 1 amide bonds. The predicted molar refractivity (Wildman–Crippen MR) is 164 cm³/mol. The largest absolute Gasteiger partial charge is 0.507 e. The van der Waals surface area contributed by atoms with Crippen molar-refractivity contribution in [2.45, 2.75) is 19.9 Å². The van der Waals surface area contributed by atoms with Crippen molar-refractivity contribution in [2.75, 3.05) is 42.1 Å². The van der Waals surface area contributed by atoms with Gasteiger partial charge in [-0.1, -0.05) is 12.6 Å². The van der Waals surface area contributed by atoms with Crippen molar-refractivity contribution in [2.24, 2.45) is 0 Å². The van der Waals surface area contributed by atoms with Gasteiger partial charge in [-0.3, -0.25) is 13.7 Å². The Hall–Kier alpha value is -4.85. The summed E-state index contributed by atoms with van der Waals surface area (Å²) in [6.45, 7) is 7.84. The van der Waals surface area contributed by atoms with Gasteiger partial charge >= 0.3 is 5.69 Å². The van der Waals surface area contributed by atoms with Gasteiger partial charge in [-0.05, 0) is 55.8 Å². The minimum absolute atomic E-state index is 0.0649. The number of pyridine rings is 1. The number of fused-ring (bicyclic) bond motifs is 1. The van der Waals surface area contributed by atoms with E-state index in [1.54, 1.807) is 22.8 Å². The lowest BCUT2D eigenvalue weighted by Gasteiger charge is -2.40. The lowest BCUT2D eigenvalue weighted by Crippen LogP contribution is -2.54. The number of benzene rings is 2. The average Bonchev–Trinajstić information content (AvgIpc) is 2.96. The molecule has 0 aliphatic carbocycles. The summed E-state index contributed by atoms with van der Waals surface area (Å²) in [7, 11) is -2.56. The van der Waals surface area contributed by atoms with E-state index < -0.39 is 38.7 Å². The van der Waals surface area contributed by atoms with Gasteiger partial charge in [0, 0.05) is 49.9 Å². The first-order valence-corrected chi connectivity index (χ1v) is 15.4. The highest BCUT2D eigenvalue weighted by molar-refractivity contribution is 7.92. The maximum atomic E-state index is 15.9. The number of sulfonamides is 1. The van der Waals surface area contributed by atoms with Crippen molar-refractivity contribution in [3.05, 3.63) is 82.9 Å². The molecule has 1 fully saturated rings. The molecule has 0 unspecified atom stereocenters. The van der Waals surface area contributed by atoms with Crippen LogP contribution in [0.4, 0.5) is 20.4 Å². The molecule has 1 aliphatic rings. The Bertz CT molecular complexity index is 1980. The van der Waals surface area contributed by atoms with Crippen molar-refractivity contribution < 1.29 is 27.1 Å². The molecule has 5 rings (SSSR count). The monoisotopic (exact) mass is 624 g/mol. The molecule has 44 heavy (non-hydrogen) atoms. The molecule has 1 atom stereocenters. The van der Waals surface area contributed by atoms with Crippen LogP contribution in [0, 0.1) is 18.6 Å². The molecule has 1 N–H and O–H groups in total. The summed E-state index contributed by atoms with van der Waals surface area (Å²) in [5.41, 5.74) is -0.987. The van der Waals surface area contributed by atoms with Crippen molar-refractivity contribution in [3.63, 3.8) is 0 Å². The number of piperazine rings is 1. The molecule has 4 aromatic rings. The standard InChI is InChI=1S/C30H30F2N6O5S/c1-6-25(40)36-12-13-37(18(3)16-36)28-20-14-22(32)19(26-21(31)8-7-9-24(26)39)15-23(20)38(30(41)34-28)27-17(2)10-11-33-29(27)35(4)44(5,42)43/h6-11,14-15,18,39H,1,12-13,16H2,2-5H3/t18-/m0/s1. The summed E-state index contributed by atoms with van der Waals surface area (Å²) >= 11 is 0. The summed E-state index contributed by atoms with van der Waals surface area (Å²) in [5, 5.41) is 10.7. The van der Waals surface area contributed by atoms with Crippen LogP contribution < -0.4 is 14.9 Å². The number of hydrogen-bond donors (Lipinski definition) is 1. The van der Waals surface area contributed by atoms with Crippen LogP contribution in [0.1, 0.15) is 12.5 Å². The van der Waals surface area contributed by atoms with Crippen molar-refractivity contribution in [3.8, 4) is 22.6 Å². The minimum Gasteiger partial charge on any atom is -0.507 e. The minimum atomic E-state index is -3.84. The fourth-order valence-electron chi connectivity index (χ4n) is 5.44. The number of rotatable bonds is 6. The normalized spacial score (nSPS) is 15.5. The van der Waals surface area contributed by atoms with Crippen LogP contribution in [0.15, 0.2) is 60.0 Å². The van der Waals surface area contributed by atoms with Crippen molar-refractivity contribution in [1.82, 2.24) is 19.4 Å². The summed E-state index contributed by atoms with van der Waals surface area (Å²) < 4.78 is 58.0. The second-order valence-corrected chi connectivity index (χ2v) is 12.6. The van der Waals surface area contributed by atoms with Crippen LogP contribution in [-0.2, 0) is 14.8 Å². The molecule has 230 valence electrons. The Kier molecular flexibility index (Phi) is 7.88. The summed E-state index contributed by atoms with van der Waals surface area (Å²) in [4.78, 5) is 38.2. The molecule has 2 aromatic carbocycles. The Morgan fingerprint density at radius 3 is 2.55 bits per heavy atom. The highest BCUT2D eigenvalue weighted by Gasteiger charge is 2.31. The second kappa shape index (κ2) is 11.3. The second-order valence-electron chi connectivity index (χ2n) is 10.6. The average molecular weight is 625 g/mol. The molecule has 3 heterocycles. The van der Waals surface area contributed by atoms with E-state index >= 15 is 4.39 Å². The molecule has 1 saturated heterocycles. The van der Waals surface area contributed by atoms with Crippen LogP contribution in [0.25, 0.3) is 27.7 Å². The van der Waals surface area contributed by atoms with Crippen LogP contribution in [0.5, 0.6) is 5.75 Å². The third-order valence-electron chi connectivity index (χ3n) is 7.73. The lowest BCUT2D eigenvalue weighted by atomic mass is 10.0. The Balaban J connectivity index is 1.86. The van der Waals surface area contributed by atoms with Crippen LogP contribution in [0.2, 0.25) is 0 Å². The molecule has 0 saturated carbocycles. The number of amides is 1. The summed E-state index contributed by atoms with van der Waals surface area (Å²) in [6.07, 6.45) is 3.59. The molecular weight excluding hydrogens is 594 g/mol. The van der Waals surface area contributed by atoms with E-state index in [1.807, 2.05) is 6.92 Å². The van der Waals surface area contributed by atoms with Gasteiger partial charge in [-0.25, -0.2) is 27.0 Å². The summed E-state index contributed by atoms with van der Waals surface area (Å²) in [6, 6.07) is 7.12. The Morgan fingerprint density at radius 1 is 1.18 bits per heavy atom. The summed E-state index contributed by atoms with van der Waals surface area (Å²) in [5.74, 6) is -2.51. The number of carbonyl (C=O) groups excluding carboxylic acids is 1. The third-order valence-corrected chi connectivity index (χ3v) is 8.90. The topological polar surface area (TPSA) is 129 Å². The van der Waals surface area contributed by atoms with Crippen LogP contribution >= 0.6 is 0 Å². The Labute approximate surface area is 252 Å². The number of halogens is 2. The first-order chi connectivity index (χ1) is 20.7. The smallest absolute Gasteiger partial charge is 0.354 e. The molecule has 11 nitrogen and oxygen atoms in total. The van der Waals surface area contributed by atoms with Crippen molar-refractivity contribution in [1.29, 1.82) is 0 Å². The zero-order valence-corrected chi connectivity index (χ0v) is 25.3. The first kappa shape index (κ1) is 30.6. The van der Waals surface area contributed by atoms with Crippen LogP contribution in [0.3, 0.4) is 0 Å². The molecule has 2 aromatic heterocycles. The number of aromatic hydroxyl groups is 1. The van der Waals surface area contributed by atoms with Gasteiger partial charge in [-0.15, -0.1) is 0 Å². The highest BCUT2D eigenvalue weighted by Crippen LogP contribution is 2.39. The van der Waals surface area contributed by atoms with Gasteiger partial charge in [-0.2, -0.15) is 4.98 Å². The van der Waals surface area contributed by atoms with E-state index in [-0.39, 0.29) is 65.4 Å². The number of phenolic OH excluding ortho intramolecular Hbond substituents is 1. The third kappa shape index (κ3) is 5.25. The fourth-order valence-corrected chi connectivity index (χ4v) is 5.89. The van der Waals surface area contributed by atoms with Gasteiger partial charge in [0.1, 0.15) is 23.2 Å². The molecule has 0 radical (unpaired) electrons. The molecule has 0 bridgehead atoms. The molecule has 14 heteroatoms. The number of carbonyl (C=O) groups is 1. The SMILES string of the molecule is C=CC(=O)N1CCN(c2nc(=O)n(-c3c(C)ccnc3N(C)S(C)(=O)=O)c3cc(-c4c(O)cccc4F)c(F)cc23)[C@@H](C)C1. The number of aryl methyl sites for hydroxylation is 1. The zero-order chi connectivity index (χ0) is 32.1. The van der Waals surface area contributed by atoms with Crippen LogP contribution in [-0.4, -0.2) is 77.8 Å². The first-order valence-electron chi connectivity index (χ1n) is 13.6. The molecular formula is C30H30F2N6O5S. The maximum absolute atomic E-state index is 15.9. The van der Waals surface area contributed by atoms with Gasteiger partial charge in [0.15, 0.2) is 5.82 Å². The van der Waals surface area contributed by atoms with E-state index in [0.29, 0.717) is 5.56 Å². The maximum Gasteiger partial charge on any atom is 0.354 e. The highest BCUT2D eigenvalue weighted by atomic mass is 32.2. The molecule has 0 spiro atoms. The Morgan fingerprint density at radius 2 is 1.91 bits per heavy atom. The predicted octanol–water partition coefficient (Wildman–Crippen LogP) is 3.36. The lowest BCUT2D eigenvalue weighted by molar-refractivity contribution is -0.126. The zero-order valence-electron chi connectivity index (χ0n) is 24.5. The van der Waals surface area contributed by atoms with Gasteiger partial charge < -0.3 is 14.9 Å². The number of nitrogens with zero attached hydrogens (tertiary/aromatic N) is 6. The number of anilines is 2. The molecule has 1 aliphatic heterocycles. The van der Waals surface area contributed by atoms with Gasteiger partial charge in [0.2, 0.25) is 15.9 Å². The quantitative estimate of drug-likeness (QED) is 0.324. The fraction of sp³-hybridized carbons (Fsp3) is 0.267. The van der Waals surface area contributed by atoms with Gasteiger partial charge in [0.05, 0.1) is 23.0 Å². The van der Waals surface area contributed by atoms with E-state index in [2.05, 4.69) is 16.5 Å². The number of hydrogen-bond acceptors (Lipinski definition) is 8. The van der Waals surface area contributed by atoms with Gasteiger partial charge in [0.25, 0.3) is 0 Å². The van der Waals surface area contributed by atoms with E-state index in [9.17, 15) is 27.5 Å². The van der Waals surface area contributed by atoms with E-state index in [1.165, 1.54) is 37.5 Å².